The molecule has 2 rings (SSSR count). The van der Waals surface area contributed by atoms with Crippen LogP contribution in [0.15, 0.2) is 36.7 Å². The molecule has 1 aromatic heterocycles. The third kappa shape index (κ3) is 2.70. The standard InChI is InChI=1S/C16H21NO/c1-3-4-7-10-16(2,18)15-12-17-11-13-8-5-6-9-14(13)15/h5-6,8-9,11-12,18H,3-4,7,10H2,1-2H3. The zero-order valence-corrected chi connectivity index (χ0v) is 11.2. The Morgan fingerprint density at radius 3 is 2.72 bits per heavy atom. The van der Waals surface area contributed by atoms with Crippen molar-refractivity contribution in [3.63, 3.8) is 0 Å². The van der Waals surface area contributed by atoms with Crippen LogP contribution >= 0.6 is 0 Å². The maximum absolute atomic E-state index is 10.7. The molecule has 18 heavy (non-hydrogen) atoms. The topological polar surface area (TPSA) is 33.1 Å². The number of nitrogens with zero attached hydrogens (tertiary/aromatic N) is 1. The fraction of sp³-hybridized carbons (Fsp3) is 0.438. The molecular weight excluding hydrogens is 222 g/mol. The summed E-state index contributed by atoms with van der Waals surface area (Å²) in [5.74, 6) is 0. The average molecular weight is 243 g/mol. The van der Waals surface area contributed by atoms with Crippen molar-refractivity contribution in [2.75, 3.05) is 0 Å². The van der Waals surface area contributed by atoms with E-state index < -0.39 is 5.60 Å². The number of unbranched alkanes of at least 4 members (excludes halogenated alkanes) is 2. The normalized spacial score (nSPS) is 14.6. The molecular formula is C16H21NO. The van der Waals surface area contributed by atoms with Crippen LogP contribution < -0.4 is 0 Å². The van der Waals surface area contributed by atoms with Crippen LogP contribution in [0, 0.1) is 0 Å². The van der Waals surface area contributed by atoms with Crippen molar-refractivity contribution < 1.29 is 5.11 Å². The monoisotopic (exact) mass is 243 g/mol. The van der Waals surface area contributed by atoms with Crippen LogP contribution in [0.3, 0.4) is 0 Å². The first-order valence-corrected chi connectivity index (χ1v) is 6.71. The van der Waals surface area contributed by atoms with Gasteiger partial charge in [0.1, 0.15) is 0 Å². The van der Waals surface area contributed by atoms with E-state index in [0.29, 0.717) is 0 Å². The second-order valence-electron chi connectivity index (χ2n) is 5.14. The Morgan fingerprint density at radius 1 is 1.17 bits per heavy atom. The molecule has 1 aromatic carbocycles. The van der Waals surface area contributed by atoms with Crippen LogP contribution in [0.4, 0.5) is 0 Å². The average Bonchev–Trinajstić information content (AvgIpc) is 2.38. The number of aliphatic hydroxyl groups is 1. The minimum atomic E-state index is -0.789. The summed E-state index contributed by atoms with van der Waals surface area (Å²) in [6.07, 6.45) is 7.82. The molecule has 0 aliphatic rings. The van der Waals surface area contributed by atoms with Crippen LogP contribution in [0.25, 0.3) is 10.8 Å². The van der Waals surface area contributed by atoms with Crippen LogP contribution in [0.1, 0.15) is 45.1 Å². The molecule has 2 nitrogen and oxygen atoms in total. The summed E-state index contributed by atoms with van der Waals surface area (Å²) in [6, 6.07) is 8.10. The number of aromatic nitrogens is 1. The number of pyridine rings is 1. The van der Waals surface area contributed by atoms with Gasteiger partial charge in [-0.2, -0.15) is 0 Å². The van der Waals surface area contributed by atoms with Gasteiger partial charge in [0, 0.05) is 23.3 Å². The van der Waals surface area contributed by atoms with E-state index in [1.54, 1.807) is 6.20 Å². The molecule has 0 spiro atoms. The van der Waals surface area contributed by atoms with Crippen molar-refractivity contribution in [1.82, 2.24) is 4.98 Å². The molecule has 0 aliphatic heterocycles. The summed E-state index contributed by atoms with van der Waals surface area (Å²) < 4.78 is 0. The van der Waals surface area contributed by atoms with Gasteiger partial charge in [0.15, 0.2) is 0 Å². The van der Waals surface area contributed by atoms with Gasteiger partial charge in [-0.15, -0.1) is 0 Å². The summed E-state index contributed by atoms with van der Waals surface area (Å²) in [5.41, 5.74) is 0.153. The second-order valence-corrected chi connectivity index (χ2v) is 5.14. The molecule has 0 amide bonds. The Hall–Kier alpha value is -1.41. The van der Waals surface area contributed by atoms with Gasteiger partial charge in [0.05, 0.1) is 5.60 Å². The van der Waals surface area contributed by atoms with Gasteiger partial charge in [-0.3, -0.25) is 4.98 Å². The minimum Gasteiger partial charge on any atom is -0.385 e. The second kappa shape index (κ2) is 5.49. The lowest BCUT2D eigenvalue weighted by Crippen LogP contribution is -2.21. The maximum atomic E-state index is 10.7. The SMILES string of the molecule is CCCCCC(C)(O)c1cncc2ccccc12. The summed E-state index contributed by atoms with van der Waals surface area (Å²) in [4.78, 5) is 4.25. The minimum absolute atomic E-state index is 0.788. The van der Waals surface area contributed by atoms with E-state index >= 15 is 0 Å². The highest BCUT2D eigenvalue weighted by Crippen LogP contribution is 2.31. The number of hydrogen-bond acceptors (Lipinski definition) is 2. The largest absolute Gasteiger partial charge is 0.385 e. The molecule has 1 atom stereocenters. The van der Waals surface area contributed by atoms with Gasteiger partial charge < -0.3 is 5.11 Å². The van der Waals surface area contributed by atoms with E-state index in [1.165, 1.54) is 6.42 Å². The first-order valence-electron chi connectivity index (χ1n) is 6.71. The highest BCUT2D eigenvalue weighted by molar-refractivity contribution is 5.85. The van der Waals surface area contributed by atoms with Gasteiger partial charge in [-0.1, -0.05) is 50.5 Å². The molecule has 0 bridgehead atoms. The Labute approximate surface area is 109 Å². The van der Waals surface area contributed by atoms with Crippen molar-refractivity contribution in [1.29, 1.82) is 0 Å². The van der Waals surface area contributed by atoms with Gasteiger partial charge in [0.25, 0.3) is 0 Å². The Balaban J connectivity index is 2.34. The van der Waals surface area contributed by atoms with Crippen molar-refractivity contribution >= 4 is 10.8 Å². The predicted octanol–water partition coefficient (Wildman–Crippen LogP) is 4.02. The van der Waals surface area contributed by atoms with Gasteiger partial charge in [-0.05, 0) is 18.7 Å². The first-order chi connectivity index (χ1) is 8.65. The molecule has 2 aromatic rings. The molecule has 0 fully saturated rings. The van der Waals surface area contributed by atoms with E-state index in [9.17, 15) is 5.11 Å². The number of fused-ring (bicyclic) bond motifs is 1. The lowest BCUT2D eigenvalue weighted by Gasteiger charge is -2.25. The van der Waals surface area contributed by atoms with E-state index in [4.69, 9.17) is 0 Å². The predicted molar refractivity (Wildman–Crippen MR) is 75.5 cm³/mol. The van der Waals surface area contributed by atoms with Crippen molar-refractivity contribution in [3.8, 4) is 0 Å². The van der Waals surface area contributed by atoms with Crippen molar-refractivity contribution in [2.45, 2.75) is 45.1 Å². The van der Waals surface area contributed by atoms with E-state index in [-0.39, 0.29) is 0 Å². The molecule has 0 aliphatic carbocycles. The number of rotatable bonds is 5. The Morgan fingerprint density at radius 2 is 1.94 bits per heavy atom. The quantitative estimate of drug-likeness (QED) is 0.804. The lowest BCUT2D eigenvalue weighted by molar-refractivity contribution is 0.0462. The third-order valence-electron chi connectivity index (χ3n) is 3.52. The molecule has 96 valence electrons. The van der Waals surface area contributed by atoms with Gasteiger partial charge in [-0.25, -0.2) is 0 Å². The lowest BCUT2D eigenvalue weighted by atomic mass is 9.88. The fourth-order valence-corrected chi connectivity index (χ4v) is 2.40. The molecule has 2 heteroatoms. The first kappa shape index (κ1) is 13.0. The van der Waals surface area contributed by atoms with Gasteiger partial charge in [0.2, 0.25) is 0 Å². The fourth-order valence-electron chi connectivity index (χ4n) is 2.40. The summed E-state index contributed by atoms with van der Waals surface area (Å²) in [5, 5.41) is 12.9. The molecule has 1 N–H and O–H groups in total. The zero-order valence-electron chi connectivity index (χ0n) is 11.2. The molecule has 0 radical (unpaired) electrons. The smallest absolute Gasteiger partial charge is 0.0889 e. The zero-order chi connectivity index (χ0) is 13.0. The highest BCUT2D eigenvalue weighted by atomic mass is 16.3. The maximum Gasteiger partial charge on any atom is 0.0889 e. The molecule has 0 saturated carbocycles. The number of benzene rings is 1. The van der Waals surface area contributed by atoms with Crippen LogP contribution in [0.5, 0.6) is 0 Å². The molecule has 0 saturated heterocycles. The van der Waals surface area contributed by atoms with Gasteiger partial charge >= 0.3 is 0 Å². The molecule has 1 heterocycles. The van der Waals surface area contributed by atoms with E-state index in [0.717, 1.165) is 35.6 Å². The summed E-state index contributed by atoms with van der Waals surface area (Å²) >= 11 is 0. The van der Waals surface area contributed by atoms with Crippen LogP contribution in [-0.4, -0.2) is 10.1 Å². The third-order valence-corrected chi connectivity index (χ3v) is 3.52. The van der Waals surface area contributed by atoms with E-state index in [2.05, 4.69) is 18.0 Å². The van der Waals surface area contributed by atoms with Crippen molar-refractivity contribution in [2.24, 2.45) is 0 Å². The molecule has 1 unspecified atom stereocenters. The van der Waals surface area contributed by atoms with Crippen LogP contribution in [0.2, 0.25) is 0 Å². The number of hydrogen-bond donors (Lipinski definition) is 1. The van der Waals surface area contributed by atoms with E-state index in [1.807, 2.05) is 31.3 Å². The Kier molecular flexibility index (Phi) is 3.97. The summed E-state index contributed by atoms with van der Waals surface area (Å²) in [7, 11) is 0. The van der Waals surface area contributed by atoms with Crippen molar-refractivity contribution in [3.05, 3.63) is 42.2 Å². The highest BCUT2D eigenvalue weighted by Gasteiger charge is 2.24. The van der Waals surface area contributed by atoms with Crippen LogP contribution in [-0.2, 0) is 5.60 Å². The summed E-state index contributed by atoms with van der Waals surface area (Å²) in [6.45, 7) is 4.07. The Bertz CT molecular complexity index is 514.